The number of fused-ring (bicyclic) bond motifs is 1. The van der Waals surface area contributed by atoms with E-state index in [1.54, 1.807) is 19.1 Å². The van der Waals surface area contributed by atoms with E-state index in [0.29, 0.717) is 28.1 Å². The normalized spacial score (nSPS) is 10.8. The minimum Gasteiger partial charge on any atom is -0.493 e. The van der Waals surface area contributed by atoms with Crippen LogP contribution in [0.1, 0.15) is 33.1 Å². The lowest BCUT2D eigenvalue weighted by Crippen LogP contribution is -2.11. The van der Waals surface area contributed by atoms with Crippen molar-refractivity contribution in [1.82, 2.24) is 10.1 Å². The number of benzene rings is 1. The summed E-state index contributed by atoms with van der Waals surface area (Å²) in [6.07, 6.45) is 0. The molecule has 8 heteroatoms. The predicted octanol–water partition coefficient (Wildman–Crippen LogP) is 4.51. The molecule has 0 atom stereocenters. The highest BCUT2D eigenvalue weighted by molar-refractivity contribution is 6.05. The predicted molar refractivity (Wildman–Crippen MR) is 106 cm³/mol. The minimum atomic E-state index is -0.629. The van der Waals surface area contributed by atoms with Gasteiger partial charge in [-0.05, 0) is 45.0 Å². The highest BCUT2D eigenvalue weighted by Gasteiger charge is 2.23. The molecule has 0 bridgehead atoms. The second-order valence-corrected chi connectivity index (χ2v) is 6.70. The van der Waals surface area contributed by atoms with Gasteiger partial charge < -0.3 is 18.4 Å². The number of methoxy groups -OCH3 is 1. The average molecular weight is 403 g/mol. The van der Waals surface area contributed by atoms with Crippen LogP contribution in [0.5, 0.6) is 11.5 Å². The first kappa shape index (κ1) is 19.2. The Balaban J connectivity index is 1.82. The Hall–Kier alpha value is -4.12. The molecule has 1 aromatic carbocycles. The molecule has 8 nitrogen and oxygen atoms in total. The van der Waals surface area contributed by atoms with Crippen molar-refractivity contribution in [2.24, 2.45) is 0 Å². The van der Waals surface area contributed by atoms with Crippen LogP contribution in [0.3, 0.4) is 0 Å². The van der Waals surface area contributed by atoms with Crippen LogP contribution in [0.2, 0.25) is 0 Å². The number of aryl methyl sites for hydroxylation is 3. The van der Waals surface area contributed by atoms with Gasteiger partial charge in [-0.25, -0.2) is 9.78 Å². The van der Waals surface area contributed by atoms with E-state index < -0.39 is 5.97 Å². The van der Waals surface area contributed by atoms with Crippen molar-refractivity contribution < 1.29 is 23.2 Å². The molecular formula is C22H17N3O5. The third-order valence-corrected chi connectivity index (χ3v) is 4.65. The number of nitriles is 1. The topological polar surface area (TPSA) is 111 Å². The van der Waals surface area contributed by atoms with Gasteiger partial charge in [-0.15, -0.1) is 0 Å². The largest absolute Gasteiger partial charge is 0.493 e. The van der Waals surface area contributed by atoms with E-state index in [0.717, 1.165) is 11.3 Å². The summed E-state index contributed by atoms with van der Waals surface area (Å²) in [4.78, 5) is 17.6. The number of hydrogen-bond donors (Lipinski definition) is 0. The zero-order chi connectivity index (χ0) is 21.4. The Morgan fingerprint density at radius 3 is 2.60 bits per heavy atom. The SMILES string of the molecule is COc1cc(C#N)ccc1OC(=O)c1cc(-c2cc(C)oc2C)nc2onc(C)c12. The quantitative estimate of drug-likeness (QED) is 0.361. The molecule has 0 radical (unpaired) electrons. The third-order valence-electron chi connectivity index (χ3n) is 4.65. The summed E-state index contributed by atoms with van der Waals surface area (Å²) in [7, 11) is 1.44. The fourth-order valence-corrected chi connectivity index (χ4v) is 3.26. The Morgan fingerprint density at radius 2 is 1.93 bits per heavy atom. The van der Waals surface area contributed by atoms with Crippen LogP contribution in [0.15, 0.2) is 39.3 Å². The fraction of sp³-hybridized carbons (Fsp3) is 0.182. The maximum atomic E-state index is 13.1. The van der Waals surface area contributed by atoms with Crippen molar-refractivity contribution >= 4 is 17.1 Å². The van der Waals surface area contributed by atoms with Gasteiger partial charge in [-0.1, -0.05) is 5.16 Å². The second-order valence-electron chi connectivity index (χ2n) is 6.70. The van der Waals surface area contributed by atoms with Crippen molar-refractivity contribution in [2.75, 3.05) is 7.11 Å². The van der Waals surface area contributed by atoms with E-state index in [2.05, 4.69) is 10.1 Å². The van der Waals surface area contributed by atoms with Crippen LogP contribution in [0.4, 0.5) is 0 Å². The van der Waals surface area contributed by atoms with Crippen molar-refractivity contribution in [1.29, 1.82) is 5.26 Å². The monoisotopic (exact) mass is 403 g/mol. The van der Waals surface area contributed by atoms with Gasteiger partial charge in [0.05, 0.1) is 41.1 Å². The number of carbonyl (C=O) groups excluding carboxylic acids is 1. The van der Waals surface area contributed by atoms with Crippen LogP contribution in [0, 0.1) is 32.1 Å². The molecule has 3 heterocycles. The van der Waals surface area contributed by atoms with Gasteiger partial charge in [0.15, 0.2) is 11.5 Å². The Kier molecular flexibility index (Phi) is 4.72. The summed E-state index contributed by atoms with van der Waals surface area (Å²) >= 11 is 0. The first-order valence-electron chi connectivity index (χ1n) is 9.06. The van der Waals surface area contributed by atoms with Gasteiger partial charge >= 0.3 is 5.97 Å². The van der Waals surface area contributed by atoms with E-state index in [9.17, 15) is 4.79 Å². The summed E-state index contributed by atoms with van der Waals surface area (Å²) < 4.78 is 21.7. The number of hydrogen-bond acceptors (Lipinski definition) is 8. The summed E-state index contributed by atoms with van der Waals surface area (Å²) in [5, 5.41) is 13.5. The third kappa shape index (κ3) is 3.26. The molecular weight excluding hydrogens is 386 g/mol. The summed E-state index contributed by atoms with van der Waals surface area (Å²) in [6, 6.07) is 10.0. The highest BCUT2D eigenvalue weighted by Crippen LogP contribution is 2.33. The molecule has 0 fully saturated rings. The van der Waals surface area contributed by atoms with Gasteiger partial charge in [0.1, 0.15) is 11.5 Å². The summed E-state index contributed by atoms with van der Waals surface area (Å²) in [5.41, 5.74) is 2.63. The van der Waals surface area contributed by atoms with Gasteiger partial charge in [-0.2, -0.15) is 5.26 Å². The highest BCUT2D eigenvalue weighted by atomic mass is 16.6. The zero-order valence-corrected chi connectivity index (χ0v) is 16.8. The molecule has 30 heavy (non-hydrogen) atoms. The second kappa shape index (κ2) is 7.37. The van der Waals surface area contributed by atoms with Crippen molar-refractivity contribution in [3.63, 3.8) is 0 Å². The van der Waals surface area contributed by atoms with Gasteiger partial charge in [0, 0.05) is 11.6 Å². The van der Waals surface area contributed by atoms with Crippen LogP contribution in [0.25, 0.3) is 22.4 Å². The average Bonchev–Trinajstić information content (AvgIpc) is 3.28. The maximum absolute atomic E-state index is 13.1. The van der Waals surface area contributed by atoms with Crippen molar-refractivity contribution in [3.8, 4) is 28.8 Å². The number of aromatic nitrogens is 2. The molecule has 0 unspecified atom stereocenters. The molecule has 0 aliphatic rings. The maximum Gasteiger partial charge on any atom is 0.344 e. The number of carbonyl (C=O) groups is 1. The summed E-state index contributed by atoms with van der Waals surface area (Å²) in [6.45, 7) is 5.37. The number of esters is 1. The molecule has 0 saturated heterocycles. The molecule has 4 aromatic rings. The lowest BCUT2D eigenvalue weighted by molar-refractivity contribution is 0.0731. The Morgan fingerprint density at radius 1 is 1.13 bits per heavy atom. The number of nitrogens with zero attached hydrogens (tertiary/aromatic N) is 3. The molecule has 0 N–H and O–H groups in total. The number of rotatable bonds is 4. The van der Waals surface area contributed by atoms with Crippen molar-refractivity contribution in [3.05, 3.63) is 58.7 Å². The van der Waals surface area contributed by atoms with Crippen molar-refractivity contribution in [2.45, 2.75) is 20.8 Å². The van der Waals surface area contributed by atoms with Crippen LogP contribution in [-0.2, 0) is 0 Å². The first-order chi connectivity index (χ1) is 14.4. The fourth-order valence-electron chi connectivity index (χ4n) is 3.26. The molecule has 0 amide bonds. The van der Waals surface area contributed by atoms with Crippen LogP contribution < -0.4 is 9.47 Å². The smallest absolute Gasteiger partial charge is 0.344 e. The minimum absolute atomic E-state index is 0.192. The number of pyridine rings is 1. The van der Waals surface area contributed by atoms with E-state index in [1.807, 2.05) is 26.0 Å². The van der Waals surface area contributed by atoms with Gasteiger partial charge in [0.25, 0.3) is 5.71 Å². The van der Waals surface area contributed by atoms with Crippen LogP contribution in [-0.4, -0.2) is 23.2 Å². The van der Waals surface area contributed by atoms with Gasteiger partial charge in [-0.3, -0.25) is 0 Å². The number of ether oxygens (including phenoxy) is 2. The van der Waals surface area contributed by atoms with E-state index in [-0.39, 0.29) is 22.8 Å². The molecule has 0 saturated carbocycles. The Labute approximate surface area is 171 Å². The molecule has 0 aliphatic heterocycles. The lowest BCUT2D eigenvalue weighted by Gasteiger charge is -2.10. The zero-order valence-electron chi connectivity index (χ0n) is 16.8. The molecule has 4 rings (SSSR count). The standard InChI is InChI=1S/C22H17N3O5/c1-11-7-15(13(3)28-11)17-9-16(20-12(2)25-30-21(20)24-17)22(26)29-18-6-5-14(10-23)8-19(18)27-4/h5-9H,1-4H3. The summed E-state index contributed by atoms with van der Waals surface area (Å²) in [5.74, 6) is 1.23. The molecule has 3 aromatic heterocycles. The molecule has 150 valence electrons. The number of furan rings is 1. The van der Waals surface area contributed by atoms with E-state index in [4.69, 9.17) is 23.7 Å². The van der Waals surface area contributed by atoms with Crippen LogP contribution >= 0.6 is 0 Å². The molecule has 0 aliphatic carbocycles. The Bertz CT molecular complexity index is 1330. The molecule has 0 spiro atoms. The first-order valence-corrected chi connectivity index (χ1v) is 9.06. The van der Waals surface area contributed by atoms with Gasteiger partial charge in [0.2, 0.25) is 0 Å². The lowest BCUT2D eigenvalue weighted by atomic mass is 10.1. The van der Waals surface area contributed by atoms with E-state index >= 15 is 0 Å². The van der Waals surface area contributed by atoms with E-state index in [1.165, 1.54) is 19.2 Å².